The Morgan fingerprint density at radius 2 is 1.90 bits per heavy atom. The van der Waals surface area contributed by atoms with Gasteiger partial charge in [-0.15, -0.1) is 0 Å². The van der Waals surface area contributed by atoms with Crippen molar-refractivity contribution in [3.63, 3.8) is 0 Å². The molecule has 0 aliphatic rings. The van der Waals surface area contributed by atoms with Crippen LogP contribution >= 0.6 is 0 Å². The first kappa shape index (κ1) is 13.3. The molecule has 20 heavy (non-hydrogen) atoms. The summed E-state index contributed by atoms with van der Waals surface area (Å²) in [7, 11) is 0. The topological polar surface area (TPSA) is 77.8 Å². The third kappa shape index (κ3) is 2.66. The summed E-state index contributed by atoms with van der Waals surface area (Å²) in [5.74, 6) is 0.110. The highest BCUT2D eigenvalue weighted by Gasteiger charge is 2.16. The van der Waals surface area contributed by atoms with Gasteiger partial charge in [0, 0.05) is 0 Å². The molecule has 1 aromatic carbocycles. The van der Waals surface area contributed by atoms with Gasteiger partial charge in [0.1, 0.15) is 17.4 Å². The zero-order valence-corrected chi connectivity index (χ0v) is 10.8. The normalized spacial score (nSPS) is 10.7. The number of allylic oxidation sites excluding steroid dienone is 1. The average Bonchev–Trinajstić information content (AvgIpc) is 2.91. The molecule has 0 aliphatic carbocycles. The fraction of sp³-hybridized carbons (Fsp3) is 0.0625. The lowest BCUT2D eigenvalue weighted by atomic mass is 10.0. The molecule has 0 aliphatic heterocycles. The minimum atomic E-state index is -0.372. The van der Waals surface area contributed by atoms with E-state index < -0.39 is 0 Å². The van der Waals surface area contributed by atoms with Crippen LogP contribution < -0.4 is 0 Å². The lowest BCUT2D eigenvalue weighted by molar-refractivity contribution is 0.103. The van der Waals surface area contributed by atoms with Crippen molar-refractivity contribution in [1.29, 1.82) is 10.5 Å². The standard InChI is InChI=1S/C16H10N2O2/c1-11-15(6-7-20-11)16(19)14(10-18)8-12-2-4-13(9-17)5-3-12/h2-8H,1H3/b14-8+. The molecule has 1 aromatic heterocycles. The van der Waals surface area contributed by atoms with Gasteiger partial charge >= 0.3 is 0 Å². The number of nitrogens with zero attached hydrogens (tertiary/aromatic N) is 2. The molecule has 4 heteroatoms. The van der Waals surface area contributed by atoms with E-state index in [2.05, 4.69) is 0 Å². The highest BCUT2D eigenvalue weighted by atomic mass is 16.3. The second-order valence-electron chi connectivity index (χ2n) is 4.12. The average molecular weight is 262 g/mol. The maximum atomic E-state index is 12.2. The zero-order chi connectivity index (χ0) is 14.5. The SMILES string of the molecule is Cc1occc1C(=O)/C(C#N)=C/c1ccc(C#N)cc1. The van der Waals surface area contributed by atoms with Crippen molar-refractivity contribution in [2.45, 2.75) is 6.92 Å². The van der Waals surface area contributed by atoms with E-state index in [0.717, 1.165) is 0 Å². The summed E-state index contributed by atoms with van der Waals surface area (Å²) in [5.41, 5.74) is 1.62. The first-order chi connectivity index (χ1) is 9.65. The van der Waals surface area contributed by atoms with Crippen molar-refractivity contribution < 1.29 is 9.21 Å². The number of benzene rings is 1. The molecule has 0 bridgehead atoms. The second kappa shape index (κ2) is 5.69. The number of nitriles is 2. The van der Waals surface area contributed by atoms with Crippen molar-refractivity contribution in [3.8, 4) is 12.1 Å². The Kier molecular flexibility index (Phi) is 3.79. The number of aryl methyl sites for hydroxylation is 1. The summed E-state index contributed by atoms with van der Waals surface area (Å²) in [6.45, 7) is 1.67. The van der Waals surface area contributed by atoms with E-state index in [1.807, 2.05) is 12.1 Å². The molecule has 0 spiro atoms. The van der Waals surface area contributed by atoms with Crippen LogP contribution in [0.1, 0.15) is 27.2 Å². The largest absolute Gasteiger partial charge is 0.469 e. The Labute approximate surface area is 116 Å². The van der Waals surface area contributed by atoms with Crippen LogP contribution in [0.15, 0.2) is 46.6 Å². The van der Waals surface area contributed by atoms with Gasteiger partial charge in [-0.25, -0.2) is 0 Å². The molecular formula is C16H10N2O2. The Morgan fingerprint density at radius 3 is 2.40 bits per heavy atom. The van der Waals surface area contributed by atoms with Crippen molar-refractivity contribution >= 4 is 11.9 Å². The van der Waals surface area contributed by atoms with Crippen LogP contribution in [-0.4, -0.2) is 5.78 Å². The maximum absolute atomic E-state index is 12.2. The predicted octanol–water partition coefficient (Wildman–Crippen LogP) is 3.25. The molecule has 0 unspecified atom stereocenters. The number of carbonyl (C=O) groups excluding carboxylic acids is 1. The zero-order valence-electron chi connectivity index (χ0n) is 10.8. The van der Waals surface area contributed by atoms with Gasteiger partial charge in [-0.1, -0.05) is 12.1 Å². The number of ketones is 1. The third-order valence-electron chi connectivity index (χ3n) is 2.82. The minimum Gasteiger partial charge on any atom is -0.469 e. The highest BCUT2D eigenvalue weighted by molar-refractivity contribution is 6.14. The van der Waals surface area contributed by atoms with Gasteiger partial charge in [0.15, 0.2) is 0 Å². The van der Waals surface area contributed by atoms with E-state index in [9.17, 15) is 4.79 Å². The van der Waals surface area contributed by atoms with Gasteiger partial charge in [0.25, 0.3) is 0 Å². The van der Waals surface area contributed by atoms with Crippen LogP contribution in [0.3, 0.4) is 0 Å². The summed E-state index contributed by atoms with van der Waals surface area (Å²) in [5, 5.41) is 17.8. The lowest BCUT2D eigenvalue weighted by Crippen LogP contribution is -2.02. The van der Waals surface area contributed by atoms with Crippen molar-refractivity contribution in [3.05, 3.63) is 64.6 Å². The van der Waals surface area contributed by atoms with Gasteiger partial charge in [0.2, 0.25) is 5.78 Å². The molecule has 0 fully saturated rings. The molecule has 0 saturated carbocycles. The van der Waals surface area contributed by atoms with E-state index in [0.29, 0.717) is 22.5 Å². The number of hydrogen-bond donors (Lipinski definition) is 0. The van der Waals surface area contributed by atoms with E-state index in [1.54, 1.807) is 37.3 Å². The molecule has 0 atom stereocenters. The van der Waals surface area contributed by atoms with E-state index in [-0.39, 0.29) is 11.4 Å². The summed E-state index contributed by atoms with van der Waals surface area (Å²) < 4.78 is 5.07. The molecule has 4 nitrogen and oxygen atoms in total. The van der Waals surface area contributed by atoms with Crippen molar-refractivity contribution in [1.82, 2.24) is 0 Å². The highest BCUT2D eigenvalue weighted by Crippen LogP contribution is 2.16. The lowest BCUT2D eigenvalue weighted by Gasteiger charge is -1.98. The van der Waals surface area contributed by atoms with Crippen LogP contribution in [0.25, 0.3) is 6.08 Å². The molecule has 0 N–H and O–H groups in total. The number of hydrogen-bond acceptors (Lipinski definition) is 4. The molecular weight excluding hydrogens is 252 g/mol. The Morgan fingerprint density at radius 1 is 1.20 bits per heavy atom. The van der Waals surface area contributed by atoms with Crippen molar-refractivity contribution in [2.24, 2.45) is 0 Å². The molecule has 0 saturated heterocycles. The summed E-state index contributed by atoms with van der Waals surface area (Å²) >= 11 is 0. The van der Waals surface area contributed by atoms with Gasteiger partial charge < -0.3 is 4.42 Å². The van der Waals surface area contributed by atoms with Gasteiger partial charge in [-0.05, 0) is 36.8 Å². The van der Waals surface area contributed by atoms with E-state index in [1.165, 1.54) is 12.3 Å². The van der Waals surface area contributed by atoms with Gasteiger partial charge in [-0.2, -0.15) is 10.5 Å². The van der Waals surface area contributed by atoms with E-state index in [4.69, 9.17) is 14.9 Å². The molecule has 2 aromatic rings. The summed E-state index contributed by atoms with van der Waals surface area (Å²) in [4.78, 5) is 12.2. The van der Waals surface area contributed by atoms with Gasteiger partial charge in [0.05, 0.1) is 23.5 Å². The summed E-state index contributed by atoms with van der Waals surface area (Å²) in [6.07, 6.45) is 2.91. The van der Waals surface area contributed by atoms with E-state index >= 15 is 0 Å². The van der Waals surface area contributed by atoms with Crippen molar-refractivity contribution in [2.75, 3.05) is 0 Å². The van der Waals surface area contributed by atoms with Crippen LogP contribution in [0.5, 0.6) is 0 Å². The first-order valence-corrected chi connectivity index (χ1v) is 5.86. The molecule has 0 amide bonds. The first-order valence-electron chi connectivity index (χ1n) is 5.86. The van der Waals surface area contributed by atoms with Crippen LogP contribution in [0, 0.1) is 29.6 Å². The van der Waals surface area contributed by atoms with Crippen LogP contribution in [0.4, 0.5) is 0 Å². The Balaban J connectivity index is 2.35. The molecule has 1 heterocycles. The molecule has 96 valence electrons. The smallest absolute Gasteiger partial charge is 0.207 e. The van der Waals surface area contributed by atoms with Gasteiger partial charge in [-0.3, -0.25) is 4.79 Å². The number of rotatable bonds is 3. The monoisotopic (exact) mass is 262 g/mol. The minimum absolute atomic E-state index is 0.0270. The number of furan rings is 1. The summed E-state index contributed by atoms with van der Waals surface area (Å²) in [6, 6.07) is 12.1. The number of Topliss-reactive ketones (excluding diaryl/α,β-unsaturated/α-hetero) is 1. The predicted molar refractivity (Wildman–Crippen MR) is 72.5 cm³/mol. The van der Waals surface area contributed by atoms with Crippen LogP contribution in [-0.2, 0) is 0 Å². The quantitative estimate of drug-likeness (QED) is 0.483. The fourth-order valence-corrected chi connectivity index (χ4v) is 1.73. The molecule has 0 radical (unpaired) electrons. The van der Waals surface area contributed by atoms with Crippen LogP contribution in [0.2, 0.25) is 0 Å². The maximum Gasteiger partial charge on any atom is 0.207 e. The third-order valence-corrected chi connectivity index (χ3v) is 2.82. The Bertz CT molecular complexity index is 753. The number of carbonyl (C=O) groups is 1. The fourth-order valence-electron chi connectivity index (χ4n) is 1.73. The Hall–Kier alpha value is -3.11. The second-order valence-corrected chi connectivity index (χ2v) is 4.12. The molecule has 2 rings (SSSR count).